The molecule has 0 bridgehead atoms. The van der Waals surface area contributed by atoms with Crippen molar-refractivity contribution in [1.29, 1.82) is 0 Å². The number of para-hydroxylation sites is 2. The monoisotopic (exact) mass is 291 g/mol. The minimum absolute atomic E-state index is 0.334. The number of aromatic nitrogens is 2. The van der Waals surface area contributed by atoms with E-state index in [4.69, 9.17) is 16.3 Å². The number of benzene rings is 1. The van der Waals surface area contributed by atoms with Crippen molar-refractivity contribution in [2.24, 2.45) is 0 Å². The largest absolute Gasteiger partial charge is 0.475 e. The van der Waals surface area contributed by atoms with E-state index in [-0.39, 0.29) is 0 Å². The molecule has 20 heavy (non-hydrogen) atoms. The molecule has 0 amide bonds. The van der Waals surface area contributed by atoms with Crippen molar-refractivity contribution >= 4 is 22.6 Å². The molecule has 3 rings (SSSR count). The molecule has 1 aliphatic rings. The lowest BCUT2D eigenvalue weighted by Gasteiger charge is -2.23. The van der Waals surface area contributed by atoms with Gasteiger partial charge in [0.1, 0.15) is 0 Å². The summed E-state index contributed by atoms with van der Waals surface area (Å²) in [5.74, 6) is 0.432. The molecule has 0 aliphatic carbocycles. The number of nitrogens with zero attached hydrogens (tertiary/aromatic N) is 2. The lowest BCUT2D eigenvalue weighted by molar-refractivity contribution is 0.261. The van der Waals surface area contributed by atoms with Crippen LogP contribution in [0.1, 0.15) is 25.7 Å². The van der Waals surface area contributed by atoms with E-state index < -0.39 is 0 Å². The van der Waals surface area contributed by atoms with Crippen LogP contribution in [0.15, 0.2) is 24.3 Å². The number of ether oxygens (including phenoxy) is 1. The second kappa shape index (κ2) is 6.37. The Balaban J connectivity index is 1.63. The van der Waals surface area contributed by atoms with E-state index in [1.807, 2.05) is 24.3 Å². The van der Waals surface area contributed by atoms with Crippen molar-refractivity contribution in [3.05, 3.63) is 29.4 Å². The fourth-order valence-electron chi connectivity index (χ4n) is 2.52. The third kappa shape index (κ3) is 3.19. The minimum atomic E-state index is 0.334. The first-order valence-corrected chi connectivity index (χ1v) is 7.49. The Hall–Kier alpha value is -1.39. The maximum atomic E-state index is 6.11. The van der Waals surface area contributed by atoms with Crippen LogP contribution in [0.25, 0.3) is 11.0 Å². The summed E-state index contributed by atoms with van der Waals surface area (Å²) >= 11 is 6.11. The van der Waals surface area contributed by atoms with Crippen molar-refractivity contribution in [2.75, 3.05) is 13.2 Å². The Morgan fingerprint density at radius 1 is 1.20 bits per heavy atom. The van der Waals surface area contributed by atoms with E-state index >= 15 is 0 Å². The first-order valence-electron chi connectivity index (χ1n) is 7.11. The van der Waals surface area contributed by atoms with E-state index in [2.05, 4.69) is 15.3 Å². The lowest BCUT2D eigenvalue weighted by atomic mass is 10.0. The van der Waals surface area contributed by atoms with Crippen LogP contribution >= 0.6 is 11.6 Å². The van der Waals surface area contributed by atoms with Crippen molar-refractivity contribution in [2.45, 2.75) is 31.7 Å². The highest BCUT2D eigenvalue weighted by Crippen LogP contribution is 2.23. The van der Waals surface area contributed by atoms with Crippen molar-refractivity contribution in [3.63, 3.8) is 0 Å². The van der Waals surface area contributed by atoms with Crippen LogP contribution in [-0.2, 0) is 0 Å². The molecule has 0 saturated carbocycles. The van der Waals surface area contributed by atoms with Gasteiger partial charge < -0.3 is 10.1 Å². The van der Waals surface area contributed by atoms with E-state index in [1.54, 1.807) is 0 Å². The summed E-state index contributed by atoms with van der Waals surface area (Å²) in [6.45, 7) is 1.73. The molecular formula is C15H18ClN3O. The van der Waals surface area contributed by atoms with Gasteiger partial charge in [0.25, 0.3) is 5.88 Å². The molecule has 1 aromatic carbocycles. The normalized spacial score (nSPS) is 19.1. The van der Waals surface area contributed by atoms with Crippen LogP contribution in [0.4, 0.5) is 0 Å². The number of fused-ring (bicyclic) bond motifs is 1. The molecule has 5 heteroatoms. The van der Waals surface area contributed by atoms with Gasteiger partial charge in [0.05, 0.1) is 17.6 Å². The molecule has 0 spiro atoms. The highest BCUT2D eigenvalue weighted by molar-refractivity contribution is 6.31. The molecule has 0 unspecified atom stereocenters. The summed E-state index contributed by atoms with van der Waals surface area (Å²) < 4.78 is 5.70. The van der Waals surface area contributed by atoms with Crippen LogP contribution in [0.2, 0.25) is 5.15 Å². The molecule has 1 atom stereocenters. The molecule has 2 aromatic rings. The topological polar surface area (TPSA) is 47.0 Å². The summed E-state index contributed by atoms with van der Waals surface area (Å²) in [5.41, 5.74) is 1.60. The van der Waals surface area contributed by atoms with Crippen LogP contribution in [0.3, 0.4) is 0 Å². The molecule has 1 N–H and O–H groups in total. The number of halogens is 1. The quantitative estimate of drug-likeness (QED) is 0.940. The van der Waals surface area contributed by atoms with E-state index in [0.717, 1.165) is 24.0 Å². The fraction of sp³-hybridized carbons (Fsp3) is 0.467. The van der Waals surface area contributed by atoms with E-state index in [0.29, 0.717) is 23.7 Å². The number of rotatable bonds is 4. The average Bonchev–Trinajstić information content (AvgIpc) is 2.49. The zero-order valence-corrected chi connectivity index (χ0v) is 12.1. The summed E-state index contributed by atoms with van der Waals surface area (Å²) in [5, 5.41) is 3.83. The van der Waals surface area contributed by atoms with Crippen LogP contribution in [0.5, 0.6) is 5.88 Å². The standard InChI is InChI=1S/C15H18ClN3O/c16-14-15(19-13-7-2-1-6-12(13)18-14)20-10-8-11-5-3-4-9-17-11/h1-2,6-7,11,17H,3-5,8-10H2/t11-/m0/s1. The smallest absolute Gasteiger partial charge is 0.252 e. The van der Waals surface area contributed by atoms with Gasteiger partial charge in [0, 0.05) is 6.04 Å². The predicted molar refractivity (Wildman–Crippen MR) is 80.3 cm³/mol. The lowest BCUT2D eigenvalue weighted by Crippen LogP contribution is -2.35. The van der Waals surface area contributed by atoms with Crippen molar-refractivity contribution in [1.82, 2.24) is 15.3 Å². The van der Waals surface area contributed by atoms with Crippen LogP contribution in [-0.4, -0.2) is 29.2 Å². The van der Waals surface area contributed by atoms with E-state index in [9.17, 15) is 0 Å². The third-order valence-electron chi connectivity index (χ3n) is 3.62. The molecule has 1 fully saturated rings. The zero-order valence-electron chi connectivity index (χ0n) is 11.3. The molecule has 2 heterocycles. The number of nitrogens with one attached hydrogen (secondary N) is 1. The SMILES string of the molecule is Clc1nc2ccccc2nc1OCC[C@@H]1CCCCN1. The molecular weight excluding hydrogens is 274 g/mol. The van der Waals surface area contributed by atoms with Gasteiger partial charge in [0.15, 0.2) is 5.15 Å². The maximum Gasteiger partial charge on any atom is 0.252 e. The van der Waals surface area contributed by atoms with Gasteiger partial charge in [-0.25, -0.2) is 9.97 Å². The molecule has 1 saturated heterocycles. The van der Waals surface area contributed by atoms with E-state index in [1.165, 1.54) is 19.3 Å². The first kappa shape index (κ1) is 13.6. The highest BCUT2D eigenvalue weighted by atomic mass is 35.5. The van der Waals surface area contributed by atoms with Crippen molar-refractivity contribution < 1.29 is 4.74 Å². The van der Waals surface area contributed by atoms with Gasteiger partial charge in [-0.3, -0.25) is 0 Å². The Morgan fingerprint density at radius 2 is 2.00 bits per heavy atom. The Kier molecular flexibility index (Phi) is 4.33. The second-order valence-electron chi connectivity index (χ2n) is 5.09. The van der Waals surface area contributed by atoms with Gasteiger partial charge in [0.2, 0.25) is 0 Å². The Bertz CT molecular complexity index is 584. The van der Waals surface area contributed by atoms with Gasteiger partial charge in [-0.2, -0.15) is 0 Å². The van der Waals surface area contributed by atoms with Gasteiger partial charge in [-0.05, 0) is 37.9 Å². The minimum Gasteiger partial charge on any atom is -0.475 e. The maximum absolute atomic E-state index is 6.11. The average molecular weight is 292 g/mol. The molecule has 1 aromatic heterocycles. The number of hydrogen-bond donors (Lipinski definition) is 1. The zero-order chi connectivity index (χ0) is 13.8. The molecule has 1 aliphatic heterocycles. The highest BCUT2D eigenvalue weighted by Gasteiger charge is 2.13. The van der Waals surface area contributed by atoms with Gasteiger partial charge >= 0.3 is 0 Å². The second-order valence-corrected chi connectivity index (χ2v) is 5.45. The Labute approximate surface area is 123 Å². The van der Waals surface area contributed by atoms with Gasteiger partial charge in [-0.15, -0.1) is 0 Å². The van der Waals surface area contributed by atoms with Crippen LogP contribution in [0, 0.1) is 0 Å². The summed E-state index contributed by atoms with van der Waals surface area (Å²) in [6.07, 6.45) is 4.78. The third-order valence-corrected chi connectivity index (χ3v) is 3.86. The summed E-state index contributed by atoms with van der Waals surface area (Å²) in [7, 11) is 0. The predicted octanol–water partition coefficient (Wildman–Crippen LogP) is 3.19. The number of hydrogen-bond acceptors (Lipinski definition) is 4. The van der Waals surface area contributed by atoms with Gasteiger partial charge in [-0.1, -0.05) is 30.2 Å². The number of piperidine rings is 1. The van der Waals surface area contributed by atoms with Crippen molar-refractivity contribution in [3.8, 4) is 5.88 Å². The molecule has 4 nitrogen and oxygen atoms in total. The Morgan fingerprint density at radius 3 is 2.75 bits per heavy atom. The van der Waals surface area contributed by atoms with Crippen LogP contribution < -0.4 is 10.1 Å². The summed E-state index contributed by atoms with van der Waals surface area (Å²) in [4.78, 5) is 8.72. The molecule has 106 valence electrons. The molecule has 0 radical (unpaired) electrons. The summed E-state index contributed by atoms with van der Waals surface area (Å²) in [6, 6.07) is 8.21. The fourth-order valence-corrected chi connectivity index (χ4v) is 2.71. The first-order chi connectivity index (χ1) is 9.83.